The van der Waals surface area contributed by atoms with E-state index in [1.807, 2.05) is 25.2 Å². The van der Waals surface area contributed by atoms with Gasteiger partial charge in [-0.05, 0) is 36.9 Å². The number of nitrogens with one attached hydrogen (secondary N) is 1. The average Bonchev–Trinajstić information content (AvgIpc) is 3.15. The van der Waals surface area contributed by atoms with E-state index in [4.69, 9.17) is 5.73 Å². The summed E-state index contributed by atoms with van der Waals surface area (Å²) in [5.74, 6) is -1.33. The molecule has 0 aliphatic carbocycles. The number of likely N-dealkylation sites (N-methyl/N-ethyl adjacent to an activating group) is 1. The lowest BCUT2D eigenvalue weighted by Gasteiger charge is -2.20. The molecule has 1 atom stereocenters. The van der Waals surface area contributed by atoms with Crippen LogP contribution in [-0.2, 0) is 16.1 Å². The summed E-state index contributed by atoms with van der Waals surface area (Å²) >= 11 is 0. The van der Waals surface area contributed by atoms with E-state index in [1.165, 1.54) is 34.8 Å². The van der Waals surface area contributed by atoms with Crippen LogP contribution in [0.15, 0.2) is 59.7 Å². The van der Waals surface area contributed by atoms with Gasteiger partial charge in [0.05, 0.1) is 5.69 Å². The fraction of sp³-hybridized carbons (Fsp3) is 0.286. The monoisotopic (exact) mass is 397 g/mol. The van der Waals surface area contributed by atoms with Gasteiger partial charge in [0.2, 0.25) is 5.91 Å². The van der Waals surface area contributed by atoms with Gasteiger partial charge in [-0.25, -0.2) is 4.39 Å². The third-order valence-corrected chi connectivity index (χ3v) is 4.67. The predicted molar refractivity (Wildman–Crippen MR) is 110 cm³/mol. The van der Waals surface area contributed by atoms with Crippen LogP contribution >= 0.6 is 0 Å². The quantitative estimate of drug-likeness (QED) is 0.706. The van der Waals surface area contributed by atoms with Gasteiger partial charge < -0.3 is 16.0 Å². The van der Waals surface area contributed by atoms with E-state index < -0.39 is 17.8 Å². The van der Waals surface area contributed by atoms with Crippen molar-refractivity contribution in [3.05, 3.63) is 66.0 Å². The van der Waals surface area contributed by atoms with Crippen LogP contribution in [0.4, 0.5) is 10.1 Å². The van der Waals surface area contributed by atoms with Crippen molar-refractivity contribution in [3.8, 4) is 0 Å². The molecule has 152 valence electrons. The molecule has 3 rings (SSSR count). The number of nitrogens with two attached hydrogens (primary N) is 1. The number of hydrogen-bond acceptors (Lipinski definition) is 5. The number of carbonyl (C=O) groups excluding carboxylic acids is 2. The van der Waals surface area contributed by atoms with Crippen molar-refractivity contribution < 1.29 is 14.0 Å². The molecule has 0 aromatic heterocycles. The van der Waals surface area contributed by atoms with Gasteiger partial charge in [0.1, 0.15) is 17.6 Å². The highest BCUT2D eigenvalue weighted by molar-refractivity contribution is 6.40. The van der Waals surface area contributed by atoms with Crippen LogP contribution in [-0.4, -0.2) is 48.6 Å². The number of primary amides is 1. The highest BCUT2D eigenvalue weighted by Crippen LogP contribution is 2.24. The second-order valence-corrected chi connectivity index (χ2v) is 6.97. The number of halogens is 1. The number of hydrazone groups is 1. The molecule has 0 saturated carbocycles. The summed E-state index contributed by atoms with van der Waals surface area (Å²) in [7, 11) is 1.98. The van der Waals surface area contributed by atoms with E-state index in [-0.39, 0.29) is 18.0 Å². The lowest BCUT2D eigenvalue weighted by atomic mass is 10.1. The lowest BCUT2D eigenvalue weighted by Crippen LogP contribution is -2.40. The standard InChI is InChI=1S/C21H24FN5O2/c1-26(14-15-5-3-2-4-6-15)12-11-24-21(29)18-13-19(20(23)28)27(25-18)17-9-7-16(22)8-10-17/h2-10,19H,11-14H2,1H3,(H2,23,28)(H,24,29). The Balaban J connectivity index is 1.56. The van der Waals surface area contributed by atoms with Gasteiger partial charge >= 0.3 is 0 Å². The zero-order valence-electron chi connectivity index (χ0n) is 16.2. The van der Waals surface area contributed by atoms with Crippen molar-refractivity contribution in [2.75, 3.05) is 25.1 Å². The molecule has 1 aliphatic rings. The molecule has 29 heavy (non-hydrogen) atoms. The molecule has 1 heterocycles. The zero-order chi connectivity index (χ0) is 20.8. The van der Waals surface area contributed by atoms with Crippen LogP contribution < -0.4 is 16.1 Å². The summed E-state index contributed by atoms with van der Waals surface area (Å²) in [6, 6.07) is 14.8. The van der Waals surface area contributed by atoms with Crippen LogP contribution in [0.3, 0.4) is 0 Å². The van der Waals surface area contributed by atoms with E-state index in [0.29, 0.717) is 18.8 Å². The van der Waals surface area contributed by atoms with E-state index in [1.54, 1.807) is 0 Å². The van der Waals surface area contributed by atoms with Crippen LogP contribution in [0.25, 0.3) is 0 Å². The Morgan fingerprint density at radius 1 is 1.21 bits per heavy atom. The maximum atomic E-state index is 13.2. The zero-order valence-corrected chi connectivity index (χ0v) is 16.2. The Hall–Kier alpha value is -3.26. The first-order valence-corrected chi connectivity index (χ1v) is 9.36. The molecule has 0 spiro atoms. The highest BCUT2D eigenvalue weighted by Gasteiger charge is 2.34. The Bertz CT molecular complexity index is 886. The van der Waals surface area contributed by atoms with Gasteiger partial charge in [0.25, 0.3) is 5.91 Å². The molecule has 7 nitrogen and oxygen atoms in total. The number of carbonyl (C=O) groups is 2. The largest absolute Gasteiger partial charge is 0.368 e. The molecule has 1 unspecified atom stereocenters. The molecule has 0 bridgehead atoms. The molecule has 2 aromatic rings. The van der Waals surface area contributed by atoms with Crippen LogP contribution in [0.1, 0.15) is 12.0 Å². The summed E-state index contributed by atoms with van der Waals surface area (Å²) in [5.41, 5.74) is 7.39. The average molecular weight is 397 g/mol. The summed E-state index contributed by atoms with van der Waals surface area (Å²) < 4.78 is 13.2. The second-order valence-electron chi connectivity index (χ2n) is 6.97. The Labute approximate surface area is 169 Å². The third kappa shape index (κ3) is 5.39. The topological polar surface area (TPSA) is 91.0 Å². The van der Waals surface area contributed by atoms with Crippen LogP contribution in [0.5, 0.6) is 0 Å². The minimum atomic E-state index is -0.776. The van der Waals surface area contributed by atoms with Gasteiger partial charge in [0.15, 0.2) is 0 Å². The van der Waals surface area contributed by atoms with E-state index in [9.17, 15) is 14.0 Å². The van der Waals surface area contributed by atoms with E-state index in [2.05, 4.69) is 27.5 Å². The number of anilines is 1. The van der Waals surface area contributed by atoms with Crippen molar-refractivity contribution in [2.45, 2.75) is 19.0 Å². The van der Waals surface area contributed by atoms with Gasteiger partial charge in [-0.1, -0.05) is 30.3 Å². The molecule has 0 saturated heterocycles. The minimum absolute atomic E-state index is 0.110. The predicted octanol–water partition coefficient (Wildman–Crippen LogP) is 1.49. The molecule has 0 radical (unpaired) electrons. The van der Waals surface area contributed by atoms with Crippen molar-refractivity contribution in [2.24, 2.45) is 10.8 Å². The molecule has 1 aliphatic heterocycles. The normalized spacial score (nSPS) is 16.0. The summed E-state index contributed by atoms with van der Waals surface area (Å²) in [6.07, 6.45) is 0.110. The molecular weight excluding hydrogens is 373 g/mol. The third-order valence-electron chi connectivity index (χ3n) is 4.67. The van der Waals surface area contributed by atoms with Crippen LogP contribution in [0.2, 0.25) is 0 Å². The number of nitrogens with zero attached hydrogens (tertiary/aromatic N) is 3. The summed E-state index contributed by atoms with van der Waals surface area (Å²) in [5, 5.41) is 8.46. The fourth-order valence-electron chi connectivity index (χ4n) is 3.14. The van der Waals surface area contributed by atoms with E-state index in [0.717, 1.165) is 6.54 Å². The molecular formula is C21H24FN5O2. The molecule has 8 heteroatoms. The van der Waals surface area contributed by atoms with Gasteiger partial charge in [-0.3, -0.25) is 14.6 Å². The van der Waals surface area contributed by atoms with Gasteiger partial charge in [-0.15, -0.1) is 0 Å². The first kappa shape index (κ1) is 20.5. The number of benzene rings is 2. The first-order chi connectivity index (χ1) is 13.9. The van der Waals surface area contributed by atoms with Gasteiger partial charge in [0, 0.05) is 26.1 Å². The Morgan fingerprint density at radius 2 is 1.90 bits per heavy atom. The lowest BCUT2D eigenvalue weighted by molar-refractivity contribution is -0.119. The maximum Gasteiger partial charge on any atom is 0.267 e. The molecule has 0 fully saturated rings. The summed E-state index contributed by atoms with van der Waals surface area (Å²) in [6.45, 7) is 1.88. The molecule has 3 N–H and O–H groups in total. The number of hydrogen-bond donors (Lipinski definition) is 2. The molecule has 2 amide bonds. The first-order valence-electron chi connectivity index (χ1n) is 9.36. The number of rotatable bonds is 8. The van der Waals surface area contributed by atoms with Crippen molar-refractivity contribution in [3.63, 3.8) is 0 Å². The highest BCUT2D eigenvalue weighted by atomic mass is 19.1. The Morgan fingerprint density at radius 3 is 2.55 bits per heavy atom. The minimum Gasteiger partial charge on any atom is -0.368 e. The smallest absolute Gasteiger partial charge is 0.267 e. The SMILES string of the molecule is CN(CCNC(=O)C1=NN(c2ccc(F)cc2)C(C(N)=O)C1)Cc1ccccc1. The van der Waals surface area contributed by atoms with Crippen molar-refractivity contribution in [1.82, 2.24) is 10.2 Å². The van der Waals surface area contributed by atoms with Crippen LogP contribution in [0, 0.1) is 5.82 Å². The second kappa shape index (κ2) is 9.29. The fourth-order valence-corrected chi connectivity index (χ4v) is 3.14. The Kier molecular flexibility index (Phi) is 6.56. The van der Waals surface area contributed by atoms with Crippen molar-refractivity contribution >= 4 is 23.2 Å². The maximum absolute atomic E-state index is 13.2. The van der Waals surface area contributed by atoms with Crippen molar-refractivity contribution in [1.29, 1.82) is 0 Å². The summed E-state index contributed by atoms with van der Waals surface area (Å²) in [4.78, 5) is 26.4. The van der Waals surface area contributed by atoms with E-state index >= 15 is 0 Å². The number of amides is 2. The molecule has 2 aromatic carbocycles. The van der Waals surface area contributed by atoms with Gasteiger partial charge in [-0.2, -0.15) is 5.10 Å².